The van der Waals surface area contributed by atoms with E-state index in [0.717, 1.165) is 11.3 Å². The van der Waals surface area contributed by atoms with Crippen LogP contribution in [0.3, 0.4) is 0 Å². The number of amides is 2. The molecule has 142 valence electrons. The van der Waals surface area contributed by atoms with Crippen molar-refractivity contribution in [2.75, 3.05) is 5.32 Å². The summed E-state index contributed by atoms with van der Waals surface area (Å²) in [6.07, 6.45) is 3.89. The van der Waals surface area contributed by atoms with Crippen LogP contribution in [0.5, 0.6) is 0 Å². The quantitative estimate of drug-likeness (QED) is 0.380. The second-order valence-electron chi connectivity index (χ2n) is 5.86. The maximum atomic E-state index is 12.0. The molecule has 0 aliphatic carbocycles. The molecule has 3 aromatic rings. The summed E-state index contributed by atoms with van der Waals surface area (Å²) in [5, 5.41) is 7.04. The van der Waals surface area contributed by atoms with Crippen molar-refractivity contribution in [3.8, 4) is 5.69 Å². The summed E-state index contributed by atoms with van der Waals surface area (Å²) in [5.74, 6) is -1.76. The van der Waals surface area contributed by atoms with Gasteiger partial charge in [0.25, 0.3) is 0 Å². The van der Waals surface area contributed by atoms with E-state index in [4.69, 9.17) is 23.2 Å². The molecule has 28 heavy (non-hydrogen) atoms. The Morgan fingerprint density at radius 2 is 1.61 bits per heavy atom. The lowest BCUT2D eigenvalue weighted by molar-refractivity contribution is -0.136. The zero-order valence-electron chi connectivity index (χ0n) is 14.8. The third-order valence-electron chi connectivity index (χ3n) is 3.90. The van der Waals surface area contributed by atoms with Gasteiger partial charge in [0.05, 0.1) is 15.8 Å². The number of benzene rings is 2. The van der Waals surface area contributed by atoms with Gasteiger partial charge in [-0.25, -0.2) is 5.43 Å². The first-order chi connectivity index (χ1) is 13.4. The van der Waals surface area contributed by atoms with Crippen LogP contribution in [0.15, 0.2) is 72.1 Å². The van der Waals surface area contributed by atoms with Gasteiger partial charge in [-0.15, -0.1) is 0 Å². The first-order valence-electron chi connectivity index (χ1n) is 8.28. The largest absolute Gasteiger partial charge is 0.329 e. The maximum Gasteiger partial charge on any atom is 0.329 e. The summed E-state index contributed by atoms with van der Waals surface area (Å²) in [6, 6.07) is 16.1. The number of hydrogen-bond donors (Lipinski definition) is 2. The number of halogens is 2. The predicted molar refractivity (Wildman–Crippen MR) is 111 cm³/mol. The number of nitrogens with one attached hydrogen (secondary N) is 2. The van der Waals surface area contributed by atoms with E-state index >= 15 is 0 Å². The Balaban J connectivity index is 1.61. The average Bonchev–Trinajstić information content (AvgIpc) is 3.23. The molecule has 3 rings (SSSR count). The van der Waals surface area contributed by atoms with E-state index in [1.54, 1.807) is 13.0 Å². The molecule has 1 heterocycles. The molecule has 0 atom stereocenters. The SMILES string of the molecule is C/C(=N\NC(=O)C(=O)Nc1ccc(Cl)c(Cl)c1)c1ccc(-n2cccc2)cc1. The molecule has 0 aliphatic heterocycles. The van der Waals surface area contributed by atoms with Crippen LogP contribution in [0.4, 0.5) is 5.69 Å². The van der Waals surface area contributed by atoms with Crippen molar-refractivity contribution in [2.45, 2.75) is 6.92 Å². The molecule has 8 heteroatoms. The topological polar surface area (TPSA) is 75.5 Å². The zero-order valence-corrected chi connectivity index (χ0v) is 16.3. The van der Waals surface area contributed by atoms with E-state index in [9.17, 15) is 9.59 Å². The Kier molecular flexibility index (Phi) is 6.13. The van der Waals surface area contributed by atoms with Crippen LogP contribution >= 0.6 is 23.2 Å². The van der Waals surface area contributed by atoms with Crippen molar-refractivity contribution in [2.24, 2.45) is 5.10 Å². The van der Waals surface area contributed by atoms with Crippen molar-refractivity contribution in [1.29, 1.82) is 0 Å². The highest BCUT2D eigenvalue weighted by Gasteiger charge is 2.14. The minimum atomic E-state index is -0.894. The number of aromatic nitrogens is 1. The monoisotopic (exact) mass is 414 g/mol. The van der Waals surface area contributed by atoms with Crippen LogP contribution in [-0.2, 0) is 9.59 Å². The fourth-order valence-electron chi connectivity index (χ4n) is 2.39. The summed E-state index contributed by atoms with van der Waals surface area (Å²) >= 11 is 11.7. The number of nitrogens with zero attached hydrogens (tertiary/aromatic N) is 2. The average molecular weight is 415 g/mol. The summed E-state index contributed by atoms with van der Waals surface area (Å²) in [7, 11) is 0. The molecule has 0 saturated heterocycles. The molecule has 6 nitrogen and oxygen atoms in total. The van der Waals surface area contributed by atoms with Crippen LogP contribution in [0.1, 0.15) is 12.5 Å². The number of carbonyl (C=O) groups excluding carboxylic acids is 2. The fourth-order valence-corrected chi connectivity index (χ4v) is 2.69. The second kappa shape index (κ2) is 8.73. The molecule has 0 aliphatic rings. The zero-order chi connectivity index (χ0) is 20.1. The van der Waals surface area contributed by atoms with E-state index in [1.165, 1.54) is 12.1 Å². The van der Waals surface area contributed by atoms with Crippen LogP contribution in [0.2, 0.25) is 10.0 Å². The molecule has 0 radical (unpaired) electrons. The predicted octanol–water partition coefficient (Wildman–Crippen LogP) is 4.26. The van der Waals surface area contributed by atoms with Gasteiger partial charge < -0.3 is 9.88 Å². The fraction of sp³-hybridized carbons (Fsp3) is 0.0500. The van der Waals surface area contributed by atoms with Gasteiger partial charge >= 0.3 is 11.8 Å². The van der Waals surface area contributed by atoms with E-state index in [-0.39, 0.29) is 5.02 Å². The Morgan fingerprint density at radius 1 is 0.929 bits per heavy atom. The Morgan fingerprint density at radius 3 is 2.25 bits per heavy atom. The number of anilines is 1. The van der Waals surface area contributed by atoms with Crippen molar-refractivity contribution < 1.29 is 9.59 Å². The maximum absolute atomic E-state index is 12.0. The molecule has 2 N–H and O–H groups in total. The van der Waals surface area contributed by atoms with Gasteiger partial charge in [-0.1, -0.05) is 35.3 Å². The number of hydrazone groups is 1. The van der Waals surface area contributed by atoms with Crippen LogP contribution in [0.25, 0.3) is 5.69 Å². The second-order valence-corrected chi connectivity index (χ2v) is 6.67. The van der Waals surface area contributed by atoms with E-state index in [1.807, 2.05) is 53.4 Å². The van der Waals surface area contributed by atoms with Crippen molar-refractivity contribution in [1.82, 2.24) is 9.99 Å². The number of hydrogen-bond acceptors (Lipinski definition) is 3. The normalized spacial score (nSPS) is 11.2. The Labute approximate surface area is 171 Å². The summed E-state index contributed by atoms with van der Waals surface area (Å²) in [6.45, 7) is 1.74. The van der Waals surface area contributed by atoms with Gasteiger partial charge in [-0.2, -0.15) is 5.10 Å². The molecule has 0 bridgehead atoms. The Bertz CT molecular complexity index is 1030. The highest BCUT2D eigenvalue weighted by atomic mass is 35.5. The molecule has 1 aromatic heterocycles. The van der Waals surface area contributed by atoms with Crippen molar-refractivity contribution >= 4 is 46.4 Å². The van der Waals surface area contributed by atoms with Crippen LogP contribution < -0.4 is 10.7 Å². The van der Waals surface area contributed by atoms with Gasteiger partial charge in [0, 0.05) is 23.8 Å². The summed E-state index contributed by atoms with van der Waals surface area (Å²) in [4.78, 5) is 23.9. The minimum absolute atomic E-state index is 0.275. The third kappa shape index (κ3) is 4.79. The smallest absolute Gasteiger partial charge is 0.324 e. The van der Waals surface area contributed by atoms with E-state index in [0.29, 0.717) is 16.4 Å². The highest BCUT2D eigenvalue weighted by molar-refractivity contribution is 6.43. The molecular weight excluding hydrogens is 399 g/mol. The first-order valence-corrected chi connectivity index (χ1v) is 9.04. The molecule has 2 aromatic carbocycles. The molecule has 2 amide bonds. The lowest BCUT2D eigenvalue weighted by Gasteiger charge is -2.07. The van der Waals surface area contributed by atoms with E-state index < -0.39 is 11.8 Å². The first kappa shape index (κ1) is 19.7. The molecular formula is C20H16Cl2N4O2. The van der Waals surface area contributed by atoms with Crippen LogP contribution in [0, 0.1) is 0 Å². The minimum Gasteiger partial charge on any atom is -0.324 e. The molecule has 0 fully saturated rings. The summed E-state index contributed by atoms with van der Waals surface area (Å²) in [5.41, 5.74) is 4.99. The number of carbonyl (C=O) groups is 2. The highest BCUT2D eigenvalue weighted by Crippen LogP contribution is 2.24. The van der Waals surface area contributed by atoms with Crippen molar-refractivity contribution in [3.05, 3.63) is 82.6 Å². The van der Waals surface area contributed by atoms with Gasteiger partial charge in [0.1, 0.15) is 0 Å². The third-order valence-corrected chi connectivity index (χ3v) is 4.64. The summed E-state index contributed by atoms with van der Waals surface area (Å²) < 4.78 is 1.98. The van der Waals surface area contributed by atoms with Crippen LogP contribution in [-0.4, -0.2) is 22.1 Å². The lowest BCUT2D eigenvalue weighted by Crippen LogP contribution is -2.32. The van der Waals surface area contributed by atoms with Crippen molar-refractivity contribution in [3.63, 3.8) is 0 Å². The Hall–Kier alpha value is -3.09. The number of rotatable bonds is 4. The molecule has 0 saturated carbocycles. The lowest BCUT2D eigenvalue weighted by atomic mass is 10.1. The van der Waals surface area contributed by atoms with E-state index in [2.05, 4.69) is 15.8 Å². The molecule has 0 unspecified atom stereocenters. The standard InChI is InChI=1S/C20H16Cl2N4O2/c1-13(14-4-7-16(8-5-14)26-10-2-3-11-26)24-25-20(28)19(27)23-15-6-9-17(21)18(22)12-15/h2-12H,1H3,(H,23,27)(H,25,28)/b24-13+. The van der Waals surface area contributed by atoms with Gasteiger partial charge in [-0.3, -0.25) is 9.59 Å². The van der Waals surface area contributed by atoms with Gasteiger partial charge in [-0.05, 0) is 55.0 Å². The van der Waals surface area contributed by atoms with Gasteiger partial charge in [0.15, 0.2) is 0 Å². The molecule has 0 spiro atoms. The van der Waals surface area contributed by atoms with Gasteiger partial charge in [0.2, 0.25) is 0 Å².